The molecule has 0 aliphatic heterocycles. The van der Waals surface area contributed by atoms with Crippen LogP contribution in [0.2, 0.25) is 0 Å². The molecule has 0 bridgehead atoms. The number of nitrogens with one attached hydrogen (secondary N) is 1. The number of carbonyl (C=O) groups is 2. The van der Waals surface area contributed by atoms with Crippen molar-refractivity contribution >= 4 is 28.5 Å². The van der Waals surface area contributed by atoms with Crippen molar-refractivity contribution in [2.45, 2.75) is 20.0 Å². The van der Waals surface area contributed by atoms with Crippen molar-refractivity contribution in [2.75, 3.05) is 11.9 Å². The summed E-state index contributed by atoms with van der Waals surface area (Å²) >= 11 is 0. The Labute approximate surface area is 150 Å². The Balaban J connectivity index is 1.60. The lowest BCUT2D eigenvalue weighted by Crippen LogP contribution is -2.29. The third-order valence-electron chi connectivity index (χ3n) is 3.71. The van der Waals surface area contributed by atoms with Crippen molar-refractivity contribution in [3.8, 4) is 5.75 Å². The molecule has 0 fully saturated rings. The van der Waals surface area contributed by atoms with E-state index in [0.29, 0.717) is 17.9 Å². The standard InChI is InChI=1S/C20H19NO5/c1-3-24-16-10-8-15(9-11-16)21-19(22)13(2)25-20(23)18-12-14-6-4-5-7-17(14)26-18/h4-13H,3H2,1-2H3,(H,21,22)/t13-/m0/s1. The van der Waals surface area contributed by atoms with E-state index in [1.807, 2.05) is 25.1 Å². The highest BCUT2D eigenvalue weighted by atomic mass is 16.6. The highest BCUT2D eigenvalue weighted by Crippen LogP contribution is 2.20. The van der Waals surface area contributed by atoms with Gasteiger partial charge in [-0.2, -0.15) is 0 Å². The van der Waals surface area contributed by atoms with Gasteiger partial charge in [-0.05, 0) is 50.2 Å². The number of hydrogen-bond acceptors (Lipinski definition) is 5. The van der Waals surface area contributed by atoms with Gasteiger partial charge in [0.2, 0.25) is 5.76 Å². The monoisotopic (exact) mass is 353 g/mol. The Morgan fingerprint density at radius 1 is 1.12 bits per heavy atom. The van der Waals surface area contributed by atoms with E-state index in [1.54, 1.807) is 36.4 Å². The largest absolute Gasteiger partial charge is 0.494 e. The normalized spacial score (nSPS) is 11.8. The van der Waals surface area contributed by atoms with Gasteiger partial charge >= 0.3 is 5.97 Å². The average Bonchev–Trinajstić information content (AvgIpc) is 3.08. The lowest BCUT2D eigenvalue weighted by molar-refractivity contribution is -0.123. The highest BCUT2D eigenvalue weighted by molar-refractivity contribution is 5.98. The molecule has 0 saturated heterocycles. The zero-order valence-corrected chi connectivity index (χ0v) is 14.5. The van der Waals surface area contributed by atoms with Crippen molar-refractivity contribution in [1.29, 1.82) is 0 Å². The number of amides is 1. The molecule has 1 N–H and O–H groups in total. The molecule has 1 amide bonds. The van der Waals surface area contributed by atoms with Crippen LogP contribution in [0.5, 0.6) is 5.75 Å². The topological polar surface area (TPSA) is 77.8 Å². The fourth-order valence-electron chi connectivity index (χ4n) is 2.40. The van der Waals surface area contributed by atoms with Gasteiger partial charge in [0.25, 0.3) is 5.91 Å². The number of furan rings is 1. The lowest BCUT2D eigenvalue weighted by atomic mass is 10.2. The summed E-state index contributed by atoms with van der Waals surface area (Å²) in [5.74, 6) is -0.337. The zero-order valence-electron chi connectivity index (χ0n) is 14.5. The fourth-order valence-corrected chi connectivity index (χ4v) is 2.40. The number of anilines is 1. The summed E-state index contributed by atoms with van der Waals surface area (Å²) in [6.07, 6.45) is -0.970. The van der Waals surface area contributed by atoms with Gasteiger partial charge in [-0.15, -0.1) is 0 Å². The smallest absolute Gasteiger partial charge is 0.375 e. The summed E-state index contributed by atoms with van der Waals surface area (Å²) < 4.78 is 16.0. The summed E-state index contributed by atoms with van der Waals surface area (Å²) in [5, 5.41) is 3.49. The molecule has 3 aromatic rings. The number of ether oxygens (including phenoxy) is 2. The van der Waals surface area contributed by atoms with Crippen molar-refractivity contribution < 1.29 is 23.5 Å². The molecule has 6 heteroatoms. The molecule has 134 valence electrons. The molecule has 0 unspecified atom stereocenters. The van der Waals surface area contributed by atoms with E-state index in [2.05, 4.69) is 5.32 Å². The van der Waals surface area contributed by atoms with Gasteiger partial charge in [-0.1, -0.05) is 18.2 Å². The minimum absolute atomic E-state index is 0.0620. The Kier molecular flexibility index (Phi) is 5.22. The molecule has 0 aliphatic carbocycles. The maximum absolute atomic E-state index is 12.2. The fraction of sp³-hybridized carbons (Fsp3) is 0.200. The van der Waals surface area contributed by atoms with Gasteiger partial charge < -0.3 is 19.2 Å². The number of fused-ring (bicyclic) bond motifs is 1. The van der Waals surface area contributed by atoms with Crippen LogP contribution in [0, 0.1) is 0 Å². The third-order valence-corrected chi connectivity index (χ3v) is 3.71. The highest BCUT2D eigenvalue weighted by Gasteiger charge is 2.21. The van der Waals surface area contributed by atoms with Crippen LogP contribution in [0.25, 0.3) is 11.0 Å². The molecule has 0 aliphatic rings. The Hall–Kier alpha value is -3.28. The number of esters is 1. The molecule has 1 aromatic heterocycles. The quantitative estimate of drug-likeness (QED) is 0.677. The first kappa shape index (κ1) is 17.5. The van der Waals surface area contributed by atoms with Gasteiger partial charge in [-0.25, -0.2) is 4.79 Å². The van der Waals surface area contributed by atoms with Crippen LogP contribution >= 0.6 is 0 Å². The molecule has 0 radical (unpaired) electrons. The van der Waals surface area contributed by atoms with E-state index in [1.165, 1.54) is 6.92 Å². The van der Waals surface area contributed by atoms with Crippen molar-refractivity contribution in [3.05, 3.63) is 60.4 Å². The van der Waals surface area contributed by atoms with Gasteiger partial charge in [0.15, 0.2) is 6.10 Å². The molecular formula is C20H19NO5. The molecule has 3 rings (SSSR count). The Bertz CT molecular complexity index is 880. The summed E-state index contributed by atoms with van der Waals surface area (Å²) in [5.41, 5.74) is 1.18. The summed E-state index contributed by atoms with van der Waals surface area (Å²) in [7, 11) is 0. The van der Waals surface area contributed by atoms with Gasteiger partial charge in [-0.3, -0.25) is 4.79 Å². The predicted octanol–water partition coefficient (Wildman–Crippen LogP) is 4.02. The molecule has 1 atom stereocenters. The van der Waals surface area contributed by atoms with Gasteiger partial charge in [0.05, 0.1) is 6.61 Å². The van der Waals surface area contributed by atoms with Crippen LogP contribution in [0.1, 0.15) is 24.4 Å². The maximum atomic E-state index is 12.2. The van der Waals surface area contributed by atoms with Crippen LogP contribution < -0.4 is 10.1 Å². The van der Waals surface area contributed by atoms with Gasteiger partial charge in [0, 0.05) is 11.1 Å². The summed E-state index contributed by atoms with van der Waals surface area (Å²) in [4.78, 5) is 24.4. The minimum Gasteiger partial charge on any atom is -0.494 e. The second kappa shape index (κ2) is 7.74. The summed E-state index contributed by atoms with van der Waals surface area (Å²) in [6, 6.07) is 15.8. The van der Waals surface area contributed by atoms with Crippen molar-refractivity contribution in [1.82, 2.24) is 0 Å². The van der Waals surface area contributed by atoms with Crippen LogP contribution in [0.4, 0.5) is 5.69 Å². The SMILES string of the molecule is CCOc1ccc(NC(=O)[C@H](C)OC(=O)c2cc3ccccc3o2)cc1. The zero-order chi connectivity index (χ0) is 18.5. The van der Waals surface area contributed by atoms with E-state index >= 15 is 0 Å². The molecule has 2 aromatic carbocycles. The van der Waals surface area contributed by atoms with E-state index in [0.717, 1.165) is 11.1 Å². The Morgan fingerprint density at radius 3 is 2.54 bits per heavy atom. The van der Waals surface area contributed by atoms with Gasteiger partial charge in [0.1, 0.15) is 11.3 Å². The van der Waals surface area contributed by atoms with Crippen molar-refractivity contribution in [2.24, 2.45) is 0 Å². The van der Waals surface area contributed by atoms with E-state index in [4.69, 9.17) is 13.9 Å². The second-order valence-corrected chi connectivity index (χ2v) is 5.64. The van der Waals surface area contributed by atoms with Crippen molar-refractivity contribution in [3.63, 3.8) is 0 Å². The number of carbonyl (C=O) groups excluding carboxylic acids is 2. The number of benzene rings is 2. The molecule has 0 spiro atoms. The van der Waals surface area contributed by atoms with Crippen LogP contribution in [-0.2, 0) is 9.53 Å². The number of para-hydroxylation sites is 1. The summed E-state index contributed by atoms with van der Waals surface area (Å²) in [6.45, 7) is 3.97. The average molecular weight is 353 g/mol. The number of rotatable bonds is 6. The minimum atomic E-state index is -0.970. The van der Waals surface area contributed by atoms with Crippen LogP contribution in [0.3, 0.4) is 0 Å². The number of hydrogen-bond donors (Lipinski definition) is 1. The first-order valence-corrected chi connectivity index (χ1v) is 8.30. The van der Waals surface area contributed by atoms with Crippen LogP contribution in [-0.4, -0.2) is 24.6 Å². The molecule has 1 heterocycles. The molecular weight excluding hydrogens is 334 g/mol. The first-order chi connectivity index (χ1) is 12.6. The molecule has 6 nitrogen and oxygen atoms in total. The predicted molar refractivity (Wildman–Crippen MR) is 97.3 cm³/mol. The molecule has 26 heavy (non-hydrogen) atoms. The Morgan fingerprint density at radius 2 is 1.85 bits per heavy atom. The lowest BCUT2D eigenvalue weighted by Gasteiger charge is -2.13. The first-order valence-electron chi connectivity index (χ1n) is 8.30. The van der Waals surface area contributed by atoms with Crippen LogP contribution in [0.15, 0.2) is 59.0 Å². The van der Waals surface area contributed by atoms with E-state index in [-0.39, 0.29) is 5.76 Å². The maximum Gasteiger partial charge on any atom is 0.375 e. The second-order valence-electron chi connectivity index (χ2n) is 5.64. The van der Waals surface area contributed by atoms with E-state index < -0.39 is 18.0 Å². The third kappa shape index (κ3) is 4.03. The van der Waals surface area contributed by atoms with E-state index in [9.17, 15) is 9.59 Å². The molecule has 0 saturated carbocycles.